The zero-order chi connectivity index (χ0) is 15.4. The number of anilines is 1. The maximum atomic E-state index is 13.2. The molecular formula is C15H19FN2O3. The highest BCUT2D eigenvalue weighted by Gasteiger charge is 2.30. The summed E-state index contributed by atoms with van der Waals surface area (Å²) in [4.78, 5) is 23.8. The van der Waals surface area contributed by atoms with Crippen LogP contribution in [-0.4, -0.2) is 29.6 Å². The van der Waals surface area contributed by atoms with Crippen molar-refractivity contribution in [3.63, 3.8) is 0 Å². The number of carbonyl (C=O) groups is 2. The number of rotatable bonds is 5. The third-order valence-corrected chi connectivity index (χ3v) is 3.62. The first kappa shape index (κ1) is 15.4. The molecule has 3 N–H and O–H groups in total. The summed E-state index contributed by atoms with van der Waals surface area (Å²) >= 11 is 0. The molecule has 0 fully saturated rings. The lowest BCUT2D eigenvalue weighted by molar-refractivity contribution is -0.126. The van der Waals surface area contributed by atoms with Crippen molar-refractivity contribution in [3.8, 4) is 0 Å². The van der Waals surface area contributed by atoms with Crippen molar-refractivity contribution in [2.45, 2.75) is 38.2 Å². The van der Waals surface area contributed by atoms with Crippen LogP contribution in [0.4, 0.5) is 10.1 Å². The molecule has 0 spiro atoms. The van der Waals surface area contributed by atoms with Crippen molar-refractivity contribution in [1.82, 2.24) is 5.32 Å². The highest BCUT2D eigenvalue weighted by atomic mass is 19.1. The van der Waals surface area contributed by atoms with Crippen LogP contribution in [0.15, 0.2) is 18.2 Å². The van der Waals surface area contributed by atoms with Crippen LogP contribution in [0.3, 0.4) is 0 Å². The third kappa shape index (κ3) is 3.78. The number of carbonyl (C=O) groups excluding carboxylic acids is 2. The van der Waals surface area contributed by atoms with Gasteiger partial charge >= 0.3 is 0 Å². The van der Waals surface area contributed by atoms with Crippen molar-refractivity contribution in [3.05, 3.63) is 29.6 Å². The maximum Gasteiger partial charge on any atom is 0.228 e. The molecule has 2 amide bonds. The van der Waals surface area contributed by atoms with Crippen LogP contribution >= 0.6 is 0 Å². The minimum atomic E-state index is -0.617. The molecule has 2 rings (SSSR count). The van der Waals surface area contributed by atoms with E-state index in [0.29, 0.717) is 30.6 Å². The van der Waals surface area contributed by atoms with Crippen molar-refractivity contribution >= 4 is 17.5 Å². The number of halogens is 1. The van der Waals surface area contributed by atoms with Crippen molar-refractivity contribution in [1.29, 1.82) is 0 Å². The smallest absolute Gasteiger partial charge is 0.228 e. The van der Waals surface area contributed by atoms with Gasteiger partial charge in [0.25, 0.3) is 0 Å². The van der Waals surface area contributed by atoms with E-state index in [1.54, 1.807) is 0 Å². The molecule has 0 aromatic heterocycles. The van der Waals surface area contributed by atoms with Gasteiger partial charge in [-0.3, -0.25) is 9.59 Å². The number of hydrogen-bond donors (Lipinski definition) is 3. The molecule has 6 heteroatoms. The first-order chi connectivity index (χ1) is 10.0. The summed E-state index contributed by atoms with van der Waals surface area (Å²) in [6.45, 7) is 2.21. The summed E-state index contributed by atoms with van der Waals surface area (Å²) in [6.07, 6.45) is 0.698. The molecule has 0 radical (unpaired) electrons. The summed E-state index contributed by atoms with van der Waals surface area (Å²) in [5.74, 6) is -1.66. The highest BCUT2D eigenvalue weighted by Crippen LogP contribution is 2.32. The van der Waals surface area contributed by atoms with Crippen LogP contribution in [-0.2, 0) is 9.59 Å². The Morgan fingerprint density at radius 2 is 2.33 bits per heavy atom. The van der Waals surface area contributed by atoms with Gasteiger partial charge in [-0.05, 0) is 30.5 Å². The SMILES string of the molecule is CCC(O)CCNC(=O)C1CC(=O)Nc2cc(F)ccc21. The van der Waals surface area contributed by atoms with Gasteiger partial charge in [-0.2, -0.15) is 0 Å². The Morgan fingerprint density at radius 1 is 1.57 bits per heavy atom. The van der Waals surface area contributed by atoms with Crippen LogP contribution in [0.25, 0.3) is 0 Å². The third-order valence-electron chi connectivity index (χ3n) is 3.62. The van der Waals surface area contributed by atoms with Crippen molar-refractivity contribution in [2.75, 3.05) is 11.9 Å². The van der Waals surface area contributed by atoms with Gasteiger partial charge in [0.1, 0.15) is 5.82 Å². The van der Waals surface area contributed by atoms with Gasteiger partial charge in [0, 0.05) is 18.7 Å². The number of amides is 2. The number of benzene rings is 1. The van der Waals surface area contributed by atoms with Crippen LogP contribution in [0.5, 0.6) is 0 Å². The molecule has 114 valence electrons. The molecule has 5 nitrogen and oxygen atoms in total. The Hall–Kier alpha value is -1.95. The van der Waals surface area contributed by atoms with Gasteiger partial charge in [-0.25, -0.2) is 4.39 Å². The van der Waals surface area contributed by atoms with Gasteiger partial charge in [0.2, 0.25) is 11.8 Å². The molecule has 2 atom stereocenters. The number of aliphatic hydroxyl groups excluding tert-OH is 1. The summed E-state index contributed by atoms with van der Waals surface area (Å²) in [5.41, 5.74) is 0.963. The minimum Gasteiger partial charge on any atom is -0.393 e. The van der Waals surface area contributed by atoms with E-state index >= 15 is 0 Å². The van der Waals surface area contributed by atoms with Crippen LogP contribution < -0.4 is 10.6 Å². The molecule has 1 heterocycles. The Morgan fingerprint density at radius 3 is 3.05 bits per heavy atom. The average molecular weight is 294 g/mol. The average Bonchev–Trinajstić information content (AvgIpc) is 2.45. The van der Waals surface area contributed by atoms with Gasteiger partial charge in [-0.15, -0.1) is 0 Å². The Balaban J connectivity index is 2.06. The molecule has 1 aromatic rings. The Kier molecular flexibility index (Phi) is 4.90. The fourth-order valence-electron chi connectivity index (χ4n) is 2.36. The molecule has 1 aliphatic rings. The molecular weight excluding hydrogens is 275 g/mol. The van der Waals surface area contributed by atoms with Crippen LogP contribution in [0.2, 0.25) is 0 Å². The van der Waals surface area contributed by atoms with E-state index in [-0.39, 0.29) is 18.2 Å². The summed E-state index contributed by atoms with van der Waals surface area (Å²) in [7, 11) is 0. The standard InChI is InChI=1S/C15H19FN2O3/c1-2-10(19)5-6-17-15(21)12-8-14(20)18-13-7-9(16)3-4-11(12)13/h3-4,7,10,12,19H,2,5-6,8H2,1H3,(H,17,21)(H,18,20). The van der Waals surface area contributed by atoms with Crippen molar-refractivity contribution < 1.29 is 19.1 Å². The van der Waals surface area contributed by atoms with E-state index in [2.05, 4.69) is 10.6 Å². The van der Waals surface area contributed by atoms with Gasteiger partial charge in [0.05, 0.1) is 12.0 Å². The second kappa shape index (κ2) is 6.67. The number of aliphatic hydroxyl groups is 1. The second-order valence-electron chi connectivity index (χ2n) is 5.18. The summed E-state index contributed by atoms with van der Waals surface area (Å²) in [6, 6.07) is 4.01. The molecule has 0 saturated heterocycles. The maximum absolute atomic E-state index is 13.2. The predicted molar refractivity (Wildman–Crippen MR) is 76.3 cm³/mol. The molecule has 2 unspecified atom stereocenters. The Bertz CT molecular complexity index is 548. The monoisotopic (exact) mass is 294 g/mol. The van der Waals surface area contributed by atoms with Gasteiger partial charge in [0.15, 0.2) is 0 Å². The van der Waals surface area contributed by atoms with Gasteiger partial charge < -0.3 is 15.7 Å². The zero-order valence-corrected chi connectivity index (χ0v) is 11.9. The molecule has 0 bridgehead atoms. The number of hydrogen-bond acceptors (Lipinski definition) is 3. The second-order valence-corrected chi connectivity index (χ2v) is 5.18. The van der Waals surface area contributed by atoms with E-state index < -0.39 is 17.8 Å². The first-order valence-corrected chi connectivity index (χ1v) is 7.06. The lowest BCUT2D eigenvalue weighted by Crippen LogP contribution is -2.36. The van der Waals surface area contributed by atoms with Crippen LogP contribution in [0.1, 0.15) is 37.7 Å². The van der Waals surface area contributed by atoms with E-state index in [1.807, 2.05) is 6.92 Å². The van der Waals surface area contributed by atoms with E-state index in [4.69, 9.17) is 0 Å². The quantitative estimate of drug-likeness (QED) is 0.770. The van der Waals surface area contributed by atoms with Gasteiger partial charge in [-0.1, -0.05) is 13.0 Å². The normalized spacial score (nSPS) is 18.6. The van der Waals surface area contributed by atoms with Crippen LogP contribution in [0, 0.1) is 5.82 Å². The molecule has 0 aliphatic carbocycles. The van der Waals surface area contributed by atoms with Crippen molar-refractivity contribution in [2.24, 2.45) is 0 Å². The molecule has 21 heavy (non-hydrogen) atoms. The molecule has 0 saturated carbocycles. The highest BCUT2D eigenvalue weighted by molar-refractivity contribution is 6.01. The van der Waals surface area contributed by atoms with E-state index in [9.17, 15) is 19.1 Å². The minimum absolute atomic E-state index is 0.0425. The largest absolute Gasteiger partial charge is 0.393 e. The lowest BCUT2D eigenvalue weighted by Gasteiger charge is -2.25. The van der Waals surface area contributed by atoms with E-state index in [1.165, 1.54) is 18.2 Å². The van der Waals surface area contributed by atoms with E-state index in [0.717, 1.165) is 0 Å². The summed E-state index contributed by atoms with van der Waals surface area (Å²) in [5, 5.41) is 14.7. The lowest BCUT2D eigenvalue weighted by atomic mass is 9.89. The fraction of sp³-hybridized carbons (Fsp3) is 0.467. The zero-order valence-electron chi connectivity index (χ0n) is 11.9. The Labute approximate surface area is 122 Å². The number of nitrogens with one attached hydrogen (secondary N) is 2. The topological polar surface area (TPSA) is 78.4 Å². The number of fused-ring (bicyclic) bond motifs is 1. The predicted octanol–water partition coefficient (Wildman–Crippen LogP) is 1.53. The molecule has 1 aliphatic heterocycles. The fourth-order valence-corrected chi connectivity index (χ4v) is 2.36. The molecule has 1 aromatic carbocycles. The summed E-state index contributed by atoms with van der Waals surface area (Å²) < 4.78 is 13.2. The first-order valence-electron chi connectivity index (χ1n) is 7.06.